The van der Waals surface area contributed by atoms with Crippen LogP contribution < -0.4 is 11.5 Å². The minimum absolute atomic E-state index is 0.0427. The van der Waals surface area contributed by atoms with Gasteiger partial charge in [-0.05, 0) is 12.1 Å². The van der Waals surface area contributed by atoms with Crippen LogP contribution in [0.2, 0.25) is 0 Å². The first kappa shape index (κ1) is 9.13. The summed E-state index contributed by atoms with van der Waals surface area (Å²) in [5.41, 5.74) is 11.3. The van der Waals surface area contributed by atoms with Crippen LogP contribution in [0.1, 0.15) is 10.5 Å². The molecule has 2 heterocycles. The van der Waals surface area contributed by atoms with E-state index in [4.69, 9.17) is 11.5 Å². The highest BCUT2D eigenvalue weighted by Crippen LogP contribution is 2.12. The molecule has 0 saturated heterocycles. The van der Waals surface area contributed by atoms with Crippen molar-refractivity contribution in [1.29, 1.82) is 0 Å². The molecule has 4 N–H and O–H groups in total. The van der Waals surface area contributed by atoms with Gasteiger partial charge in [-0.15, -0.1) is 5.10 Å². The van der Waals surface area contributed by atoms with E-state index < -0.39 is 5.91 Å². The monoisotopic (exact) mass is 204 g/mol. The number of aromatic nitrogens is 4. The van der Waals surface area contributed by atoms with Crippen molar-refractivity contribution in [3.05, 3.63) is 30.2 Å². The maximum Gasteiger partial charge on any atom is 0.273 e. The molecule has 15 heavy (non-hydrogen) atoms. The standard InChI is InChI=1S/C8H8N6O/c9-7-6(8(10)15)12-13-14(7)5-2-1-3-11-4-5/h1-4H,9H2,(H2,10,15). The molecule has 0 radical (unpaired) electrons. The van der Waals surface area contributed by atoms with Crippen LogP contribution in [-0.2, 0) is 0 Å². The Kier molecular flexibility index (Phi) is 2.05. The Hall–Kier alpha value is -2.44. The minimum atomic E-state index is -0.706. The fourth-order valence-electron chi connectivity index (χ4n) is 1.13. The van der Waals surface area contributed by atoms with Crippen LogP contribution in [0.25, 0.3) is 5.69 Å². The minimum Gasteiger partial charge on any atom is -0.382 e. The van der Waals surface area contributed by atoms with E-state index in [1.54, 1.807) is 24.5 Å². The van der Waals surface area contributed by atoms with E-state index in [-0.39, 0.29) is 11.5 Å². The number of primary amides is 1. The summed E-state index contributed by atoms with van der Waals surface area (Å²) < 4.78 is 1.30. The van der Waals surface area contributed by atoms with E-state index in [2.05, 4.69) is 15.3 Å². The fraction of sp³-hybridized carbons (Fsp3) is 0. The molecule has 0 spiro atoms. The average molecular weight is 204 g/mol. The third kappa shape index (κ3) is 1.50. The quantitative estimate of drug-likeness (QED) is 0.674. The van der Waals surface area contributed by atoms with Gasteiger partial charge in [-0.25, -0.2) is 0 Å². The molecule has 2 aromatic rings. The predicted molar refractivity (Wildman–Crippen MR) is 52.1 cm³/mol. The molecule has 0 atom stereocenters. The third-order valence-corrected chi connectivity index (χ3v) is 1.83. The van der Waals surface area contributed by atoms with Gasteiger partial charge in [-0.3, -0.25) is 9.78 Å². The largest absolute Gasteiger partial charge is 0.382 e. The van der Waals surface area contributed by atoms with Gasteiger partial charge in [-0.2, -0.15) is 4.68 Å². The van der Waals surface area contributed by atoms with Crippen LogP contribution in [0, 0.1) is 0 Å². The van der Waals surface area contributed by atoms with Crippen LogP contribution in [0.3, 0.4) is 0 Å². The van der Waals surface area contributed by atoms with Crippen molar-refractivity contribution >= 4 is 11.7 Å². The summed E-state index contributed by atoms with van der Waals surface area (Å²) in [4.78, 5) is 14.8. The van der Waals surface area contributed by atoms with Gasteiger partial charge < -0.3 is 11.5 Å². The van der Waals surface area contributed by atoms with E-state index >= 15 is 0 Å². The van der Waals surface area contributed by atoms with Gasteiger partial charge >= 0.3 is 0 Å². The number of carbonyl (C=O) groups excluding carboxylic acids is 1. The zero-order valence-electron chi connectivity index (χ0n) is 7.66. The molecule has 0 unspecified atom stereocenters. The number of amides is 1. The summed E-state index contributed by atoms with van der Waals surface area (Å²) >= 11 is 0. The smallest absolute Gasteiger partial charge is 0.273 e. The molecule has 7 nitrogen and oxygen atoms in total. The van der Waals surface area contributed by atoms with Crippen LogP contribution in [0.4, 0.5) is 5.82 Å². The molecule has 0 bridgehead atoms. The molecule has 7 heteroatoms. The first-order valence-corrected chi connectivity index (χ1v) is 4.11. The molecule has 2 aromatic heterocycles. The zero-order valence-corrected chi connectivity index (χ0v) is 7.66. The lowest BCUT2D eigenvalue weighted by atomic mass is 10.4. The Morgan fingerprint density at radius 3 is 2.80 bits per heavy atom. The second kappa shape index (κ2) is 3.37. The molecule has 0 saturated carbocycles. The highest BCUT2D eigenvalue weighted by Gasteiger charge is 2.15. The van der Waals surface area contributed by atoms with Crippen molar-refractivity contribution < 1.29 is 4.79 Å². The van der Waals surface area contributed by atoms with Gasteiger partial charge in [0.25, 0.3) is 5.91 Å². The number of nitrogen functional groups attached to an aromatic ring is 1. The second-order valence-corrected chi connectivity index (χ2v) is 2.81. The number of nitrogens with zero attached hydrogens (tertiary/aromatic N) is 4. The molecular formula is C8H8N6O. The number of carbonyl (C=O) groups is 1. The van der Waals surface area contributed by atoms with E-state index in [0.717, 1.165) is 0 Å². The van der Waals surface area contributed by atoms with Gasteiger partial charge in [0.05, 0.1) is 11.9 Å². The number of rotatable bonds is 2. The predicted octanol–water partition coefficient (Wildman–Crippen LogP) is -0.657. The van der Waals surface area contributed by atoms with Crippen LogP contribution in [0.15, 0.2) is 24.5 Å². The van der Waals surface area contributed by atoms with Crippen LogP contribution in [0.5, 0.6) is 0 Å². The highest BCUT2D eigenvalue weighted by atomic mass is 16.1. The number of nitrogens with two attached hydrogens (primary N) is 2. The Bertz CT molecular complexity index is 491. The molecule has 2 rings (SSSR count). The molecule has 0 fully saturated rings. The lowest BCUT2D eigenvalue weighted by Crippen LogP contribution is -2.14. The summed E-state index contributed by atoms with van der Waals surface area (Å²) in [6.07, 6.45) is 3.17. The molecule has 1 amide bonds. The topological polar surface area (TPSA) is 113 Å². The SMILES string of the molecule is NC(=O)c1nnn(-c2cccnc2)c1N. The Morgan fingerprint density at radius 2 is 2.27 bits per heavy atom. The van der Waals surface area contributed by atoms with E-state index in [0.29, 0.717) is 5.69 Å². The van der Waals surface area contributed by atoms with Gasteiger partial charge in [0.15, 0.2) is 11.5 Å². The second-order valence-electron chi connectivity index (χ2n) is 2.81. The van der Waals surface area contributed by atoms with Gasteiger partial charge in [0, 0.05) is 6.20 Å². The maximum absolute atomic E-state index is 10.9. The van der Waals surface area contributed by atoms with Gasteiger partial charge in [0.1, 0.15) is 0 Å². The molecule has 0 aromatic carbocycles. The molecular weight excluding hydrogens is 196 g/mol. The molecule has 0 aliphatic rings. The fourth-order valence-corrected chi connectivity index (χ4v) is 1.13. The van der Waals surface area contributed by atoms with Crippen molar-refractivity contribution in [2.45, 2.75) is 0 Å². The number of hydrogen-bond donors (Lipinski definition) is 2. The van der Waals surface area contributed by atoms with E-state index in [1.807, 2.05) is 0 Å². The highest BCUT2D eigenvalue weighted by molar-refractivity contribution is 5.95. The third-order valence-electron chi connectivity index (χ3n) is 1.83. The first-order valence-electron chi connectivity index (χ1n) is 4.11. The Morgan fingerprint density at radius 1 is 1.47 bits per heavy atom. The lowest BCUT2D eigenvalue weighted by molar-refractivity contribution is 0.0996. The Labute approximate surface area is 84.7 Å². The van der Waals surface area contributed by atoms with Crippen molar-refractivity contribution in [2.24, 2.45) is 5.73 Å². The van der Waals surface area contributed by atoms with Crippen molar-refractivity contribution in [1.82, 2.24) is 20.0 Å². The number of anilines is 1. The summed E-state index contributed by atoms with van der Waals surface area (Å²) in [5.74, 6) is -0.599. The normalized spacial score (nSPS) is 10.1. The number of pyridine rings is 1. The molecule has 0 aliphatic heterocycles. The number of hydrogen-bond acceptors (Lipinski definition) is 5. The van der Waals surface area contributed by atoms with Crippen molar-refractivity contribution in [2.75, 3.05) is 5.73 Å². The Balaban J connectivity index is 2.52. The van der Waals surface area contributed by atoms with Crippen molar-refractivity contribution in [3.63, 3.8) is 0 Å². The molecule has 76 valence electrons. The molecule has 0 aliphatic carbocycles. The first-order chi connectivity index (χ1) is 7.20. The summed E-state index contributed by atoms with van der Waals surface area (Å²) in [7, 11) is 0. The van der Waals surface area contributed by atoms with Crippen molar-refractivity contribution in [3.8, 4) is 5.69 Å². The summed E-state index contributed by atoms with van der Waals surface area (Å²) in [6.45, 7) is 0. The van der Waals surface area contributed by atoms with Crippen LogP contribution >= 0.6 is 0 Å². The average Bonchev–Trinajstić information content (AvgIpc) is 2.61. The van der Waals surface area contributed by atoms with E-state index in [9.17, 15) is 4.79 Å². The van der Waals surface area contributed by atoms with Gasteiger partial charge in [-0.1, -0.05) is 5.21 Å². The zero-order chi connectivity index (χ0) is 10.8. The summed E-state index contributed by atoms with van der Waals surface area (Å²) in [5, 5.41) is 7.29. The van der Waals surface area contributed by atoms with E-state index in [1.165, 1.54) is 4.68 Å². The lowest BCUT2D eigenvalue weighted by Gasteiger charge is -2.00. The maximum atomic E-state index is 10.9. The summed E-state index contributed by atoms with van der Waals surface area (Å²) in [6, 6.07) is 3.46. The van der Waals surface area contributed by atoms with Crippen LogP contribution in [-0.4, -0.2) is 25.9 Å². The van der Waals surface area contributed by atoms with Gasteiger partial charge in [0.2, 0.25) is 0 Å².